The SMILES string of the molecule is COC1OC(=O)c2ccccc2C1c1ccccc1. The fourth-order valence-corrected chi connectivity index (χ4v) is 2.52. The van der Waals surface area contributed by atoms with E-state index in [1.54, 1.807) is 13.2 Å². The van der Waals surface area contributed by atoms with Crippen LogP contribution in [0.3, 0.4) is 0 Å². The smallest absolute Gasteiger partial charge is 0.340 e. The molecule has 0 N–H and O–H groups in total. The van der Waals surface area contributed by atoms with Crippen LogP contribution in [0.5, 0.6) is 0 Å². The lowest BCUT2D eigenvalue weighted by atomic mass is 9.86. The molecule has 96 valence electrons. The first kappa shape index (κ1) is 11.9. The average Bonchev–Trinajstić information content (AvgIpc) is 2.48. The fraction of sp³-hybridized carbons (Fsp3) is 0.188. The van der Waals surface area contributed by atoms with Gasteiger partial charge in [-0.25, -0.2) is 4.79 Å². The predicted molar refractivity (Wildman–Crippen MR) is 70.9 cm³/mol. The van der Waals surface area contributed by atoms with E-state index in [2.05, 4.69) is 0 Å². The van der Waals surface area contributed by atoms with Crippen molar-refractivity contribution >= 4 is 5.97 Å². The first-order valence-corrected chi connectivity index (χ1v) is 6.19. The fourth-order valence-electron chi connectivity index (χ4n) is 2.52. The van der Waals surface area contributed by atoms with Crippen LogP contribution in [0, 0.1) is 0 Å². The molecule has 0 amide bonds. The normalized spacial score (nSPS) is 21.6. The summed E-state index contributed by atoms with van der Waals surface area (Å²) < 4.78 is 10.7. The molecule has 0 fully saturated rings. The molecule has 3 heteroatoms. The van der Waals surface area contributed by atoms with Gasteiger partial charge in [0.25, 0.3) is 0 Å². The Morgan fingerprint density at radius 2 is 1.68 bits per heavy atom. The second-order valence-corrected chi connectivity index (χ2v) is 4.49. The van der Waals surface area contributed by atoms with Crippen molar-refractivity contribution in [1.82, 2.24) is 0 Å². The molecule has 2 atom stereocenters. The van der Waals surface area contributed by atoms with Gasteiger partial charge in [0, 0.05) is 7.11 Å². The Kier molecular flexibility index (Phi) is 3.05. The summed E-state index contributed by atoms with van der Waals surface area (Å²) in [4.78, 5) is 11.9. The molecule has 3 rings (SSSR count). The van der Waals surface area contributed by atoms with Crippen LogP contribution in [0.15, 0.2) is 54.6 Å². The zero-order chi connectivity index (χ0) is 13.2. The molecule has 1 aliphatic rings. The minimum atomic E-state index is -0.579. The van der Waals surface area contributed by atoms with Gasteiger partial charge in [-0.05, 0) is 17.2 Å². The summed E-state index contributed by atoms with van der Waals surface area (Å²) in [6.07, 6.45) is -0.579. The highest BCUT2D eigenvalue weighted by atomic mass is 16.7. The van der Waals surface area contributed by atoms with Gasteiger partial charge in [-0.1, -0.05) is 48.5 Å². The number of hydrogen-bond acceptors (Lipinski definition) is 3. The first-order valence-electron chi connectivity index (χ1n) is 6.19. The molecule has 0 saturated carbocycles. The number of ether oxygens (including phenoxy) is 2. The molecule has 1 aliphatic heterocycles. The second-order valence-electron chi connectivity index (χ2n) is 4.49. The quantitative estimate of drug-likeness (QED) is 0.773. The Bertz CT molecular complexity index is 592. The van der Waals surface area contributed by atoms with E-state index in [-0.39, 0.29) is 11.9 Å². The van der Waals surface area contributed by atoms with Crippen molar-refractivity contribution in [3.63, 3.8) is 0 Å². The van der Waals surface area contributed by atoms with Gasteiger partial charge in [0.2, 0.25) is 6.29 Å². The van der Waals surface area contributed by atoms with Gasteiger partial charge in [-0.3, -0.25) is 0 Å². The van der Waals surface area contributed by atoms with Crippen molar-refractivity contribution in [2.45, 2.75) is 12.2 Å². The van der Waals surface area contributed by atoms with Crippen LogP contribution in [-0.4, -0.2) is 19.4 Å². The number of carbonyl (C=O) groups is 1. The van der Waals surface area contributed by atoms with Gasteiger partial charge < -0.3 is 9.47 Å². The summed E-state index contributed by atoms with van der Waals surface area (Å²) >= 11 is 0. The number of rotatable bonds is 2. The molecular formula is C16H14O3. The number of fused-ring (bicyclic) bond motifs is 1. The van der Waals surface area contributed by atoms with Gasteiger partial charge in [-0.15, -0.1) is 0 Å². The maximum absolute atomic E-state index is 11.9. The number of carbonyl (C=O) groups excluding carboxylic acids is 1. The van der Waals surface area contributed by atoms with E-state index in [9.17, 15) is 4.79 Å². The van der Waals surface area contributed by atoms with E-state index in [1.165, 1.54) is 0 Å². The molecular weight excluding hydrogens is 240 g/mol. The molecule has 0 aliphatic carbocycles. The molecule has 2 aromatic rings. The van der Waals surface area contributed by atoms with Gasteiger partial charge in [0.15, 0.2) is 0 Å². The Hall–Kier alpha value is -2.13. The third-order valence-electron chi connectivity index (χ3n) is 3.40. The number of esters is 1. The van der Waals surface area contributed by atoms with Crippen molar-refractivity contribution in [1.29, 1.82) is 0 Å². The molecule has 0 spiro atoms. The zero-order valence-electron chi connectivity index (χ0n) is 10.6. The van der Waals surface area contributed by atoms with E-state index in [4.69, 9.17) is 9.47 Å². The van der Waals surface area contributed by atoms with Crippen LogP contribution in [-0.2, 0) is 9.47 Å². The Morgan fingerprint density at radius 1 is 1.00 bits per heavy atom. The summed E-state index contributed by atoms with van der Waals surface area (Å²) in [5.74, 6) is -0.408. The number of cyclic esters (lactones) is 1. The van der Waals surface area contributed by atoms with E-state index in [1.807, 2.05) is 48.5 Å². The first-order chi connectivity index (χ1) is 9.31. The maximum atomic E-state index is 11.9. The highest BCUT2D eigenvalue weighted by Gasteiger charge is 2.36. The Morgan fingerprint density at radius 3 is 2.42 bits per heavy atom. The predicted octanol–water partition coefficient (Wildman–Crippen LogP) is 2.96. The summed E-state index contributed by atoms with van der Waals surface area (Å²) in [5, 5.41) is 0. The molecule has 0 bridgehead atoms. The van der Waals surface area contributed by atoms with Gasteiger partial charge in [-0.2, -0.15) is 0 Å². The average molecular weight is 254 g/mol. The molecule has 3 nitrogen and oxygen atoms in total. The van der Waals surface area contributed by atoms with Crippen LogP contribution in [0.2, 0.25) is 0 Å². The lowest BCUT2D eigenvalue weighted by molar-refractivity contribution is -0.103. The van der Waals surface area contributed by atoms with E-state index in [0.717, 1.165) is 11.1 Å². The third-order valence-corrected chi connectivity index (χ3v) is 3.40. The highest BCUT2D eigenvalue weighted by molar-refractivity contribution is 5.92. The largest absolute Gasteiger partial charge is 0.431 e. The maximum Gasteiger partial charge on any atom is 0.340 e. The molecule has 2 unspecified atom stereocenters. The van der Waals surface area contributed by atoms with E-state index >= 15 is 0 Å². The van der Waals surface area contributed by atoms with E-state index in [0.29, 0.717) is 5.56 Å². The number of hydrogen-bond donors (Lipinski definition) is 0. The standard InChI is InChI=1S/C16H14O3/c1-18-16-14(11-7-3-2-4-8-11)12-9-5-6-10-13(12)15(17)19-16/h2-10,14,16H,1H3. The molecule has 0 saturated heterocycles. The summed E-state index contributed by atoms with van der Waals surface area (Å²) in [6.45, 7) is 0. The van der Waals surface area contributed by atoms with Crippen LogP contribution in [0.1, 0.15) is 27.4 Å². The lowest BCUT2D eigenvalue weighted by Crippen LogP contribution is -2.34. The molecule has 1 heterocycles. The summed E-state index contributed by atoms with van der Waals surface area (Å²) in [6, 6.07) is 17.5. The number of benzene rings is 2. The van der Waals surface area contributed by atoms with Gasteiger partial charge in [0.1, 0.15) is 0 Å². The molecule has 2 aromatic carbocycles. The van der Waals surface area contributed by atoms with Crippen LogP contribution in [0.4, 0.5) is 0 Å². The molecule has 0 radical (unpaired) electrons. The minimum Gasteiger partial charge on any atom is -0.431 e. The second kappa shape index (κ2) is 4.86. The van der Waals surface area contributed by atoms with Crippen LogP contribution >= 0.6 is 0 Å². The number of methoxy groups -OCH3 is 1. The van der Waals surface area contributed by atoms with Crippen molar-refractivity contribution < 1.29 is 14.3 Å². The monoisotopic (exact) mass is 254 g/mol. The van der Waals surface area contributed by atoms with Crippen molar-refractivity contribution in [2.75, 3.05) is 7.11 Å². The van der Waals surface area contributed by atoms with Gasteiger partial charge >= 0.3 is 5.97 Å². The lowest BCUT2D eigenvalue weighted by Gasteiger charge is -2.32. The van der Waals surface area contributed by atoms with Crippen LogP contribution < -0.4 is 0 Å². The minimum absolute atomic E-state index is 0.0832. The summed E-state index contributed by atoms with van der Waals surface area (Å²) in [5.41, 5.74) is 2.65. The molecule has 19 heavy (non-hydrogen) atoms. The van der Waals surface area contributed by atoms with Crippen molar-refractivity contribution in [3.8, 4) is 0 Å². The van der Waals surface area contributed by atoms with Gasteiger partial charge in [0.05, 0.1) is 11.5 Å². The van der Waals surface area contributed by atoms with Crippen molar-refractivity contribution in [3.05, 3.63) is 71.3 Å². The topological polar surface area (TPSA) is 35.5 Å². The Labute approximate surface area is 111 Å². The molecule has 0 aromatic heterocycles. The summed E-state index contributed by atoms with van der Waals surface area (Å²) in [7, 11) is 1.56. The third kappa shape index (κ3) is 2.02. The highest BCUT2D eigenvalue weighted by Crippen LogP contribution is 2.36. The Balaban J connectivity index is 2.15. The van der Waals surface area contributed by atoms with Crippen LogP contribution in [0.25, 0.3) is 0 Å². The van der Waals surface area contributed by atoms with E-state index < -0.39 is 6.29 Å². The zero-order valence-corrected chi connectivity index (χ0v) is 10.6. The van der Waals surface area contributed by atoms with Crippen molar-refractivity contribution in [2.24, 2.45) is 0 Å².